The standard InChI is InChI=1S/C24H27F3N4O5S2.C4H6O/c1-22(34,24(25,26)27)16-5-7-17(8-6-16)30-12-11-29(38(35,36)19-4-2-13-37-19)14-18(30)15-31-21(33)28-20(32)23(31)9-3-10-23;5-4-2-1-3-4/h2,4-8,13,18,34H,3,9-12,14-15H2,1H3,(H,28,32,33);1-3H2/t18-,22?;/m1./s1. The lowest BCUT2D eigenvalue weighted by Crippen LogP contribution is -2.62. The van der Waals surface area contributed by atoms with Gasteiger partial charge in [-0.15, -0.1) is 11.3 Å². The largest absolute Gasteiger partial charge is 0.421 e. The van der Waals surface area contributed by atoms with Crippen molar-refractivity contribution in [1.82, 2.24) is 14.5 Å². The zero-order chi connectivity index (χ0) is 31.2. The zero-order valence-electron chi connectivity index (χ0n) is 23.5. The maximum absolute atomic E-state index is 13.3. The number of alkyl halides is 3. The van der Waals surface area contributed by atoms with Crippen molar-refractivity contribution < 1.29 is 41.1 Å². The molecule has 4 aliphatic rings. The van der Waals surface area contributed by atoms with Gasteiger partial charge in [-0.2, -0.15) is 17.5 Å². The van der Waals surface area contributed by atoms with Crippen LogP contribution in [0.5, 0.6) is 0 Å². The minimum atomic E-state index is -4.87. The number of ketones is 1. The summed E-state index contributed by atoms with van der Waals surface area (Å²) in [5.41, 5.74) is -3.81. The van der Waals surface area contributed by atoms with E-state index in [4.69, 9.17) is 0 Å². The number of thiophene rings is 1. The summed E-state index contributed by atoms with van der Waals surface area (Å²) in [4.78, 5) is 38.5. The number of Topliss-reactive ketones (excluding diaryl/α,β-unsaturated/α-hetero) is 1. The maximum Gasteiger partial charge on any atom is 0.421 e. The first kappa shape index (κ1) is 31.4. The SMILES string of the molecule is CC(O)(c1ccc(N2CCN(S(=O)(=O)c3cccs3)C[C@@H]2CN2C(=O)NC(=O)C23CCC3)cc1)C(F)(F)F.O=C1CCC1. The summed E-state index contributed by atoms with van der Waals surface area (Å²) in [6, 6.07) is 7.31. The molecule has 1 aromatic carbocycles. The van der Waals surface area contributed by atoms with Crippen molar-refractivity contribution in [1.29, 1.82) is 0 Å². The molecule has 3 heterocycles. The quantitative estimate of drug-likeness (QED) is 0.461. The summed E-state index contributed by atoms with van der Waals surface area (Å²) in [6.45, 7) is 1.07. The number of nitrogens with zero attached hydrogens (tertiary/aromatic N) is 3. The van der Waals surface area contributed by atoms with Crippen LogP contribution in [-0.2, 0) is 25.2 Å². The lowest BCUT2D eigenvalue weighted by Gasteiger charge is -2.48. The molecule has 15 heteroatoms. The van der Waals surface area contributed by atoms with E-state index in [0.29, 0.717) is 31.2 Å². The molecular weight excluding hydrogens is 609 g/mol. The Hall–Kier alpha value is -3.01. The predicted molar refractivity (Wildman–Crippen MR) is 152 cm³/mol. The van der Waals surface area contributed by atoms with E-state index >= 15 is 0 Å². The van der Waals surface area contributed by atoms with Gasteiger partial charge in [0.25, 0.3) is 15.9 Å². The number of urea groups is 1. The molecule has 0 radical (unpaired) electrons. The number of piperazine rings is 1. The Morgan fingerprint density at radius 2 is 1.70 bits per heavy atom. The second-order valence-electron chi connectivity index (χ2n) is 11.4. The minimum absolute atomic E-state index is 0.0102. The molecule has 2 aromatic rings. The van der Waals surface area contributed by atoms with Crippen molar-refractivity contribution in [2.24, 2.45) is 0 Å². The van der Waals surface area contributed by atoms with Crippen molar-refractivity contribution in [3.8, 4) is 0 Å². The Morgan fingerprint density at radius 3 is 2.19 bits per heavy atom. The van der Waals surface area contributed by atoms with E-state index in [1.165, 1.54) is 39.5 Å². The van der Waals surface area contributed by atoms with Crippen LogP contribution in [0.2, 0.25) is 0 Å². The van der Waals surface area contributed by atoms with Crippen LogP contribution in [-0.4, -0.2) is 84.4 Å². The van der Waals surface area contributed by atoms with Crippen LogP contribution in [0, 0.1) is 0 Å². The van der Waals surface area contributed by atoms with Gasteiger partial charge in [0, 0.05) is 44.7 Å². The third kappa shape index (κ3) is 5.79. The van der Waals surface area contributed by atoms with Crippen LogP contribution >= 0.6 is 11.3 Å². The van der Waals surface area contributed by atoms with Crippen LogP contribution in [0.4, 0.5) is 23.7 Å². The fourth-order valence-electron chi connectivity index (χ4n) is 5.62. The van der Waals surface area contributed by atoms with E-state index in [2.05, 4.69) is 5.32 Å². The fraction of sp³-hybridized carbons (Fsp3) is 0.536. The average molecular weight is 643 g/mol. The molecule has 1 aromatic heterocycles. The van der Waals surface area contributed by atoms with Crippen molar-refractivity contribution in [3.63, 3.8) is 0 Å². The van der Waals surface area contributed by atoms with Gasteiger partial charge in [0.05, 0.1) is 6.04 Å². The highest BCUT2D eigenvalue weighted by Gasteiger charge is 2.57. The topological polar surface area (TPSA) is 127 Å². The van der Waals surface area contributed by atoms with E-state index in [-0.39, 0.29) is 41.9 Å². The summed E-state index contributed by atoms with van der Waals surface area (Å²) in [7, 11) is -3.80. The lowest BCUT2D eigenvalue weighted by molar-refractivity contribution is -0.258. The molecule has 3 amide bonds. The number of carbonyl (C=O) groups excluding carboxylic acids is 3. The van der Waals surface area contributed by atoms with Crippen molar-refractivity contribution in [2.75, 3.05) is 31.1 Å². The number of nitrogens with one attached hydrogen (secondary N) is 1. The van der Waals surface area contributed by atoms with E-state index in [9.17, 15) is 41.1 Å². The number of benzene rings is 1. The molecule has 2 aliphatic carbocycles. The second kappa shape index (κ2) is 11.5. The van der Waals surface area contributed by atoms with Gasteiger partial charge in [-0.1, -0.05) is 18.2 Å². The number of amides is 3. The number of hydrogen-bond acceptors (Lipinski definition) is 8. The molecule has 43 heavy (non-hydrogen) atoms. The van der Waals surface area contributed by atoms with Crippen LogP contribution < -0.4 is 10.2 Å². The highest BCUT2D eigenvalue weighted by molar-refractivity contribution is 7.91. The van der Waals surface area contributed by atoms with E-state index in [1.54, 1.807) is 11.4 Å². The van der Waals surface area contributed by atoms with E-state index in [1.807, 2.05) is 4.90 Å². The van der Waals surface area contributed by atoms with Gasteiger partial charge < -0.3 is 14.9 Å². The third-order valence-electron chi connectivity index (χ3n) is 8.74. The molecule has 2 saturated carbocycles. The summed E-state index contributed by atoms with van der Waals surface area (Å²) in [5.74, 6) is 0.0721. The molecule has 2 N–H and O–H groups in total. The molecule has 1 spiro atoms. The monoisotopic (exact) mass is 642 g/mol. The smallest absolute Gasteiger partial charge is 0.376 e. The molecule has 2 aliphatic heterocycles. The number of hydrogen-bond donors (Lipinski definition) is 2. The van der Waals surface area contributed by atoms with Gasteiger partial charge >= 0.3 is 12.2 Å². The van der Waals surface area contributed by atoms with E-state index < -0.39 is 39.4 Å². The molecule has 2 saturated heterocycles. The Labute approximate surface area is 251 Å². The molecule has 4 fully saturated rings. The Bertz CT molecular complexity index is 1470. The van der Waals surface area contributed by atoms with Gasteiger partial charge in [0.2, 0.25) is 0 Å². The number of sulfonamides is 1. The Morgan fingerprint density at radius 1 is 1.05 bits per heavy atom. The van der Waals surface area contributed by atoms with Gasteiger partial charge in [-0.25, -0.2) is 13.2 Å². The van der Waals surface area contributed by atoms with Gasteiger partial charge in [-0.3, -0.25) is 14.9 Å². The van der Waals surface area contributed by atoms with Crippen molar-refractivity contribution >= 4 is 44.8 Å². The van der Waals surface area contributed by atoms with Crippen LogP contribution in [0.25, 0.3) is 0 Å². The number of aliphatic hydroxyl groups is 1. The summed E-state index contributed by atoms with van der Waals surface area (Å²) in [6.07, 6.45) is -0.235. The highest BCUT2D eigenvalue weighted by Crippen LogP contribution is 2.42. The number of anilines is 1. The number of halogens is 3. The van der Waals surface area contributed by atoms with Gasteiger partial charge in [-0.05, 0) is 61.7 Å². The third-order valence-corrected chi connectivity index (χ3v) is 12.0. The summed E-state index contributed by atoms with van der Waals surface area (Å²) >= 11 is 1.10. The highest BCUT2D eigenvalue weighted by atomic mass is 32.2. The summed E-state index contributed by atoms with van der Waals surface area (Å²) in [5, 5.41) is 14.1. The first-order valence-corrected chi connectivity index (χ1v) is 16.3. The second-order valence-corrected chi connectivity index (χ2v) is 14.5. The number of rotatable bonds is 6. The van der Waals surface area contributed by atoms with Gasteiger partial charge in [0.1, 0.15) is 15.5 Å². The molecule has 6 rings (SSSR count). The lowest BCUT2D eigenvalue weighted by atomic mass is 9.75. The molecule has 10 nitrogen and oxygen atoms in total. The summed E-state index contributed by atoms with van der Waals surface area (Å²) < 4.78 is 68.0. The molecule has 234 valence electrons. The van der Waals surface area contributed by atoms with E-state index in [0.717, 1.165) is 37.0 Å². The molecule has 0 bridgehead atoms. The zero-order valence-corrected chi connectivity index (χ0v) is 25.1. The van der Waals surface area contributed by atoms with Crippen molar-refractivity contribution in [3.05, 3.63) is 47.3 Å². The average Bonchev–Trinajstić information content (AvgIpc) is 3.54. The molecule has 2 atom stereocenters. The van der Waals surface area contributed by atoms with Crippen LogP contribution in [0.15, 0.2) is 46.0 Å². The number of carbonyl (C=O) groups is 3. The van der Waals surface area contributed by atoms with Crippen LogP contribution in [0.3, 0.4) is 0 Å². The minimum Gasteiger partial charge on any atom is -0.376 e. The van der Waals surface area contributed by atoms with Gasteiger partial charge in [0.15, 0.2) is 5.60 Å². The molecule has 1 unspecified atom stereocenters. The number of imide groups is 1. The Kier molecular flexibility index (Phi) is 8.39. The normalized spacial score (nSPS) is 23.7. The predicted octanol–water partition coefficient (Wildman–Crippen LogP) is 3.61. The van der Waals surface area contributed by atoms with Crippen molar-refractivity contribution in [2.45, 2.75) is 73.0 Å². The fourth-order valence-corrected chi connectivity index (χ4v) is 8.23. The molecular formula is C28H33F3N4O6S2. The van der Waals surface area contributed by atoms with Crippen LogP contribution in [0.1, 0.15) is 51.0 Å². The maximum atomic E-state index is 13.3. The first-order chi connectivity index (χ1) is 20.2. The first-order valence-electron chi connectivity index (χ1n) is 14.0. The Balaban J connectivity index is 0.000000668.